The minimum Gasteiger partial charge on any atom is -0.573 e. The first-order valence-electron chi connectivity index (χ1n) is 14.9. The summed E-state index contributed by atoms with van der Waals surface area (Å²) in [5, 5.41) is 16.6. The van der Waals surface area contributed by atoms with Crippen molar-refractivity contribution in [2.75, 3.05) is 24.6 Å². The van der Waals surface area contributed by atoms with Gasteiger partial charge in [-0.05, 0) is 79.9 Å². The Morgan fingerprint density at radius 2 is 1.06 bits per heavy atom. The molecule has 2 aliphatic heterocycles. The van der Waals surface area contributed by atoms with Gasteiger partial charge < -0.3 is 20.4 Å². The quantitative estimate of drug-likeness (QED) is 0.141. The van der Waals surface area contributed by atoms with Crippen molar-refractivity contribution < 1.29 is 46.1 Å². The topological polar surface area (TPSA) is 79.8 Å². The van der Waals surface area contributed by atoms with Crippen LogP contribution in [0.1, 0.15) is 37.1 Å². The molecule has 248 valence electrons. The van der Waals surface area contributed by atoms with Crippen molar-refractivity contribution >= 4 is 26.5 Å². The molecule has 0 spiro atoms. The van der Waals surface area contributed by atoms with Gasteiger partial charge in [0.2, 0.25) is 0 Å². The van der Waals surface area contributed by atoms with Gasteiger partial charge in [-0.2, -0.15) is 26.3 Å². The summed E-state index contributed by atoms with van der Waals surface area (Å²) in [6, 6.07) is 21.1. The zero-order chi connectivity index (χ0) is 32.6. The van der Waals surface area contributed by atoms with E-state index in [0.29, 0.717) is 11.4 Å². The molecular formula is C32H32F6N6OsP2+2. The molecule has 0 unspecified atom stereocenters. The number of halogens is 6. The molecule has 2 saturated heterocycles. The van der Waals surface area contributed by atoms with E-state index in [0.717, 1.165) is 12.1 Å². The Hall–Kier alpha value is -2.98. The smallest absolute Gasteiger partial charge is 0.573 e. The first kappa shape index (κ1) is 36.8. The molecule has 2 fully saturated rings. The standard InChI is InChI=1S/C14H20P2.2C9H5F3N3.Os/c1-2-8-14(16-11-5-6-12-16)13(7-1)15-9-3-4-10-15;2*10-9(11,12)8-5-7(14-15-8)6-3-1-2-4-13-6;/h1-2,7-8H,3-6,9-12H2;2*1-5H;/q;2*-1;+2/p+2. The van der Waals surface area contributed by atoms with Gasteiger partial charge >= 0.3 is 32.1 Å². The van der Waals surface area contributed by atoms with Gasteiger partial charge in [0.1, 0.15) is 16.3 Å². The first-order valence-corrected chi connectivity index (χ1v) is 18.7. The van der Waals surface area contributed by atoms with Crippen LogP contribution in [0.25, 0.3) is 22.8 Å². The zero-order valence-electron chi connectivity index (χ0n) is 25.0. The predicted molar refractivity (Wildman–Crippen MR) is 172 cm³/mol. The molecule has 6 nitrogen and oxygen atoms in total. The summed E-state index contributed by atoms with van der Waals surface area (Å²) in [6.07, 6.45) is 6.28. The van der Waals surface area contributed by atoms with Gasteiger partial charge in [-0.25, -0.2) is 0 Å². The zero-order valence-corrected chi connectivity index (χ0v) is 29.6. The van der Waals surface area contributed by atoms with E-state index in [1.165, 1.54) is 38.1 Å². The summed E-state index contributed by atoms with van der Waals surface area (Å²) < 4.78 is 73.2. The molecule has 7 rings (SSSR count). The van der Waals surface area contributed by atoms with Crippen LogP contribution >= 0.6 is 15.8 Å². The van der Waals surface area contributed by atoms with E-state index in [2.05, 4.69) is 54.6 Å². The number of hydrogen-bond acceptors (Lipinski definition) is 4. The van der Waals surface area contributed by atoms with Crippen molar-refractivity contribution in [3.05, 3.63) is 96.6 Å². The summed E-state index contributed by atoms with van der Waals surface area (Å²) >= 11 is 0. The van der Waals surface area contributed by atoms with Crippen LogP contribution in [0.5, 0.6) is 0 Å². The van der Waals surface area contributed by atoms with Gasteiger partial charge in [0.25, 0.3) is 0 Å². The molecular weight excluding hydrogens is 835 g/mol. The molecule has 0 N–H and O–H groups in total. The number of hydrogen-bond donors (Lipinski definition) is 0. The molecule has 47 heavy (non-hydrogen) atoms. The molecule has 1 aromatic carbocycles. The molecule has 0 radical (unpaired) electrons. The van der Waals surface area contributed by atoms with E-state index >= 15 is 0 Å². The second kappa shape index (κ2) is 16.9. The summed E-state index contributed by atoms with van der Waals surface area (Å²) in [5.74, 6) is 0. The fraction of sp³-hybridized carbons (Fsp3) is 0.312. The minimum atomic E-state index is -4.46. The van der Waals surface area contributed by atoms with E-state index in [9.17, 15) is 26.3 Å². The molecule has 0 saturated carbocycles. The number of alkyl halides is 6. The number of benzene rings is 1. The minimum absolute atomic E-state index is 0. The van der Waals surface area contributed by atoms with Crippen molar-refractivity contribution in [3.8, 4) is 22.8 Å². The average molecular weight is 867 g/mol. The Morgan fingerprint density at radius 3 is 1.49 bits per heavy atom. The molecule has 0 atom stereocenters. The maximum atomic E-state index is 12.2. The maximum Gasteiger partial charge on any atom is 2.00 e. The second-order valence-electron chi connectivity index (χ2n) is 10.8. The number of pyridine rings is 2. The van der Waals surface area contributed by atoms with Crippen LogP contribution in [-0.4, -0.2) is 44.8 Å². The van der Waals surface area contributed by atoms with Gasteiger partial charge in [-0.15, -0.1) is 0 Å². The van der Waals surface area contributed by atoms with Crippen LogP contribution in [0.3, 0.4) is 0 Å². The Morgan fingerprint density at radius 1 is 0.553 bits per heavy atom. The third-order valence-corrected chi connectivity index (χ3v) is 14.1. The Bertz CT molecular complexity index is 1530. The molecule has 15 heteroatoms. The van der Waals surface area contributed by atoms with Gasteiger partial charge in [0.05, 0.1) is 36.0 Å². The van der Waals surface area contributed by atoms with Crippen LogP contribution in [0.2, 0.25) is 0 Å². The monoisotopic (exact) mass is 868 g/mol. The van der Waals surface area contributed by atoms with Crippen molar-refractivity contribution in [2.24, 2.45) is 0 Å². The SMILES string of the molecule is FC(F)(F)c1cc(-c2ccccn2)[n-]n1.FC(F)(F)c1cc(-c2ccccn2)n[n-]1.[Os+2].c1ccc([PH+]2CCCC2)c([PH+]2CCCC2)c1. The maximum absolute atomic E-state index is 12.2. The summed E-state index contributed by atoms with van der Waals surface area (Å²) in [6.45, 7) is 0. The van der Waals surface area contributed by atoms with Crippen molar-refractivity contribution in [1.29, 1.82) is 0 Å². The molecule has 0 amide bonds. The normalized spacial score (nSPS) is 15.3. The van der Waals surface area contributed by atoms with Gasteiger partial charge in [0.15, 0.2) is 0 Å². The van der Waals surface area contributed by atoms with E-state index in [-0.39, 0.29) is 47.0 Å². The van der Waals surface area contributed by atoms with Crippen LogP contribution in [0, 0.1) is 0 Å². The molecule has 5 aromatic rings. The van der Waals surface area contributed by atoms with Crippen molar-refractivity contribution in [2.45, 2.75) is 38.0 Å². The van der Waals surface area contributed by atoms with Gasteiger partial charge in [-0.3, -0.25) is 9.97 Å². The Kier molecular flexibility index (Phi) is 13.3. The number of rotatable bonds is 4. The first-order chi connectivity index (χ1) is 22.1. The summed E-state index contributed by atoms with van der Waals surface area (Å²) in [4.78, 5) is 7.75. The third kappa shape index (κ3) is 10.3. The third-order valence-electron chi connectivity index (χ3n) is 7.62. The summed E-state index contributed by atoms with van der Waals surface area (Å²) in [7, 11) is -0.261. The second-order valence-corrected chi connectivity index (χ2v) is 16.3. The van der Waals surface area contributed by atoms with E-state index in [4.69, 9.17) is 0 Å². The van der Waals surface area contributed by atoms with E-state index in [1.54, 1.807) is 61.0 Å². The number of aromatic nitrogens is 6. The summed E-state index contributed by atoms with van der Waals surface area (Å²) in [5.41, 5.74) is -0.988. The van der Waals surface area contributed by atoms with Gasteiger partial charge in [-0.1, -0.05) is 30.0 Å². The molecule has 2 aliphatic rings. The molecule has 0 bridgehead atoms. The van der Waals surface area contributed by atoms with E-state index < -0.39 is 23.7 Å². The van der Waals surface area contributed by atoms with Crippen molar-refractivity contribution in [3.63, 3.8) is 0 Å². The van der Waals surface area contributed by atoms with Crippen LogP contribution in [0.4, 0.5) is 26.3 Å². The molecule has 0 aliphatic carbocycles. The van der Waals surface area contributed by atoms with Crippen LogP contribution in [-0.2, 0) is 32.1 Å². The van der Waals surface area contributed by atoms with Gasteiger partial charge in [0, 0.05) is 33.9 Å². The largest absolute Gasteiger partial charge is 2.00 e. The predicted octanol–water partition coefficient (Wildman–Crippen LogP) is 7.19. The van der Waals surface area contributed by atoms with E-state index in [1.807, 2.05) is 10.6 Å². The fourth-order valence-electron chi connectivity index (χ4n) is 5.39. The van der Waals surface area contributed by atoms with Crippen molar-refractivity contribution in [1.82, 2.24) is 30.4 Å². The fourth-order valence-corrected chi connectivity index (χ4v) is 12.3. The van der Waals surface area contributed by atoms with Crippen LogP contribution in [0.15, 0.2) is 85.2 Å². The van der Waals surface area contributed by atoms with Crippen LogP contribution < -0.4 is 20.8 Å². The molecule has 6 heterocycles. The average Bonchev–Trinajstić information content (AvgIpc) is 3.89. The Labute approximate surface area is 284 Å². The molecule has 4 aromatic heterocycles. The number of nitrogens with zero attached hydrogens (tertiary/aromatic N) is 6. The Balaban J connectivity index is 0.000000158.